The molecule has 2 aliphatic heterocycles. The van der Waals surface area contributed by atoms with Crippen molar-refractivity contribution >= 4 is 17.9 Å². The topological polar surface area (TPSA) is 109 Å². The number of methoxy groups -OCH3 is 2. The Morgan fingerprint density at radius 2 is 1.88 bits per heavy atom. The number of hydrogen-bond acceptors (Lipinski definition) is 8. The van der Waals surface area contributed by atoms with Crippen LogP contribution in [0.3, 0.4) is 0 Å². The van der Waals surface area contributed by atoms with Crippen LogP contribution >= 0.6 is 0 Å². The summed E-state index contributed by atoms with van der Waals surface area (Å²) in [6.07, 6.45) is 3.46. The fourth-order valence-corrected chi connectivity index (χ4v) is 3.95. The molecule has 1 saturated heterocycles. The number of piperazine rings is 1. The molecule has 2 aromatic rings. The minimum atomic E-state index is -0.639. The van der Waals surface area contributed by atoms with E-state index in [2.05, 4.69) is 30.4 Å². The van der Waals surface area contributed by atoms with Crippen molar-refractivity contribution in [1.29, 1.82) is 0 Å². The molecule has 168 valence electrons. The molecule has 2 aliphatic rings. The molecule has 1 aromatic carbocycles. The Bertz CT molecular complexity index is 1000. The van der Waals surface area contributed by atoms with Gasteiger partial charge in [-0.25, -0.2) is 19.6 Å². The smallest absolute Gasteiger partial charge is 0.338 e. The molecule has 0 spiro atoms. The number of hydrogen-bond donors (Lipinski definition) is 2. The number of carbonyl (C=O) groups is 2. The van der Waals surface area contributed by atoms with Gasteiger partial charge in [-0.05, 0) is 23.8 Å². The number of ether oxygens (including phenoxy) is 2. The van der Waals surface area contributed by atoms with Gasteiger partial charge in [0.15, 0.2) is 0 Å². The zero-order valence-corrected chi connectivity index (χ0v) is 18.1. The van der Waals surface area contributed by atoms with E-state index in [0.29, 0.717) is 29.5 Å². The maximum absolute atomic E-state index is 12.8. The summed E-state index contributed by atoms with van der Waals surface area (Å²) < 4.78 is 10.4. The van der Waals surface area contributed by atoms with Crippen LogP contribution < -0.4 is 20.3 Å². The highest BCUT2D eigenvalue weighted by Crippen LogP contribution is 2.30. The van der Waals surface area contributed by atoms with E-state index in [9.17, 15) is 9.59 Å². The molecular formula is C22H26N6O4. The summed E-state index contributed by atoms with van der Waals surface area (Å²) in [6.45, 7) is 3.39. The SMILES string of the molecule is COC(=O)C1=C(CN2CCN(c3ncccn3)CC2)NC(=O)NC1c1cccc(OC)c1. The molecule has 2 N–H and O–H groups in total. The molecule has 4 rings (SSSR count). The number of nitrogens with one attached hydrogen (secondary N) is 2. The second-order valence-electron chi connectivity index (χ2n) is 7.50. The van der Waals surface area contributed by atoms with E-state index in [-0.39, 0.29) is 6.03 Å². The Kier molecular flexibility index (Phi) is 6.50. The summed E-state index contributed by atoms with van der Waals surface area (Å²) in [6, 6.07) is 8.07. The Balaban J connectivity index is 1.56. The molecule has 2 amide bonds. The molecule has 0 radical (unpaired) electrons. The summed E-state index contributed by atoms with van der Waals surface area (Å²) in [7, 11) is 2.91. The van der Waals surface area contributed by atoms with Crippen molar-refractivity contribution in [1.82, 2.24) is 25.5 Å². The molecule has 0 saturated carbocycles. The van der Waals surface area contributed by atoms with Crippen LogP contribution in [0.15, 0.2) is 54.0 Å². The molecule has 10 heteroatoms. The molecular weight excluding hydrogens is 412 g/mol. The molecule has 1 atom stereocenters. The number of nitrogens with zero attached hydrogens (tertiary/aromatic N) is 4. The molecule has 32 heavy (non-hydrogen) atoms. The van der Waals surface area contributed by atoms with E-state index in [1.807, 2.05) is 18.2 Å². The van der Waals surface area contributed by atoms with Crippen molar-refractivity contribution in [3.8, 4) is 5.75 Å². The van der Waals surface area contributed by atoms with Gasteiger partial charge >= 0.3 is 12.0 Å². The van der Waals surface area contributed by atoms with Gasteiger partial charge in [-0.15, -0.1) is 0 Å². The number of benzene rings is 1. The van der Waals surface area contributed by atoms with Gasteiger partial charge in [-0.2, -0.15) is 0 Å². The molecule has 1 aromatic heterocycles. The van der Waals surface area contributed by atoms with Crippen LogP contribution in [-0.2, 0) is 9.53 Å². The van der Waals surface area contributed by atoms with Gasteiger partial charge < -0.3 is 25.0 Å². The van der Waals surface area contributed by atoms with E-state index >= 15 is 0 Å². The third kappa shape index (κ3) is 4.65. The Morgan fingerprint density at radius 3 is 2.56 bits per heavy atom. The first-order chi connectivity index (χ1) is 15.6. The zero-order chi connectivity index (χ0) is 22.5. The summed E-state index contributed by atoms with van der Waals surface area (Å²) in [4.78, 5) is 38.1. The lowest BCUT2D eigenvalue weighted by molar-refractivity contribution is -0.136. The van der Waals surface area contributed by atoms with Gasteiger partial charge in [-0.1, -0.05) is 12.1 Å². The minimum Gasteiger partial charge on any atom is -0.497 e. The highest BCUT2D eigenvalue weighted by Gasteiger charge is 2.34. The minimum absolute atomic E-state index is 0.364. The number of aromatic nitrogens is 2. The molecule has 0 bridgehead atoms. The summed E-state index contributed by atoms with van der Waals surface area (Å²) >= 11 is 0. The Labute approximate surface area is 186 Å². The zero-order valence-electron chi connectivity index (χ0n) is 18.1. The highest BCUT2D eigenvalue weighted by molar-refractivity contribution is 5.95. The lowest BCUT2D eigenvalue weighted by Crippen LogP contribution is -2.52. The third-order valence-corrected chi connectivity index (χ3v) is 5.58. The lowest BCUT2D eigenvalue weighted by Gasteiger charge is -2.37. The predicted molar refractivity (Wildman–Crippen MR) is 117 cm³/mol. The van der Waals surface area contributed by atoms with Gasteiger partial charge in [0.1, 0.15) is 5.75 Å². The number of rotatable bonds is 6. The van der Waals surface area contributed by atoms with Crippen molar-refractivity contribution in [3.05, 3.63) is 59.6 Å². The highest BCUT2D eigenvalue weighted by atomic mass is 16.5. The third-order valence-electron chi connectivity index (χ3n) is 5.58. The molecule has 1 unspecified atom stereocenters. The standard InChI is InChI=1S/C22H26N6O4/c1-31-16-6-3-5-15(13-16)19-18(20(29)32-2)17(25-22(30)26-19)14-27-9-11-28(12-10-27)21-23-7-4-8-24-21/h3-8,13,19H,9-12,14H2,1-2H3,(H2,25,26,30). The summed E-state index contributed by atoms with van der Waals surface area (Å²) in [5.41, 5.74) is 1.66. The van der Waals surface area contributed by atoms with E-state index < -0.39 is 12.0 Å². The number of anilines is 1. The predicted octanol–water partition coefficient (Wildman–Crippen LogP) is 1.09. The van der Waals surface area contributed by atoms with Gasteiger partial charge in [0.25, 0.3) is 0 Å². The largest absolute Gasteiger partial charge is 0.497 e. The molecule has 1 fully saturated rings. The van der Waals surface area contributed by atoms with Crippen molar-refractivity contribution in [3.63, 3.8) is 0 Å². The maximum atomic E-state index is 12.8. The van der Waals surface area contributed by atoms with Crippen LogP contribution in [0.1, 0.15) is 11.6 Å². The van der Waals surface area contributed by atoms with Crippen LogP contribution in [0, 0.1) is 0 Å². The monoisotopic (exact) mass is 438 g/mol. The average molecular weight is 438 g/mol. The fourth-order valence-electron chi connectivity index (χ4n) is 3.95. The Morgan fingerprint density at radius 1 is 1.12 bits per heavy atom. The van der Waals surface area contributed by atoms with E-state index in [0.717, 1.165) is 31.7 Å². The van der Waals surface area contributed by atoms with Gasteiger partial charge in [0.2, 0.25) is 5.95 Å². The molecule has 0 aliphatic carbocycles. The van der Waals surface area contributed by atoms with E-state index in [1.165, 1.54) is 7.11 Å². The van der Waals surface area contributed by atoms with Gasteiger partial charge in [-0.3, -0.25) is 4.90 Å². The number of esters is 1. The van der Waals surface area contributed by atoms with Crippen LogP contribution in [-0.4, -0.2) is 73.8 Å². The van der Waals surface area contributed by atoms with Crippen LogP contribution in [0.25, 0.3) is 0 Å². The quantitative estimate of drug-likeness (QED) is 0.645. The number of amides is 2. The summed E-state index contributed by atoms with van der Waals surface area (Å²) in [5.74, 6) is 0.854. The Hall–Kier alpha value is -3.66. The molecule has 3 heterocycles. The van der Waals surface area contributed by atoms with Gasteiger partial charge in [0.05, 0.1) is 25.8 Å². The van der Waals surface area contributed by atoms with Crippen LogP contribution in [0.2, 0.25) is 0 Å². The number of urea groups is 1. The maximum Gasteiger partial charge on any atom is 0.338 e. The lowest BCUT2D eigenvalue weighted by atomic mass is 9.94. The van der Waals surface area contributed by atoms with Crippen molar-refractivity contribution in [2.75, 3.05) is 51.8 Å². The van der Waals surface area contributed by atoms with Crippen molar-refractivity contribution in [2.45, 2.75) is 6.04 Å². The first kappa shape index (κ1) is 21.6. The second kappa shape index (κ2) is 9.65. The second-order valence-corrected chi connectivity index (χ2v) is 7.50. The van der Waals surface area contributed by atoms with Crippen molar-refractivity contribution < 1.29 is 19.1 Å². The summed E-state index contributed by atoms with van der Waals surface area (Å²) in [5, 5.41) is 5.66. The van der Waals surface area contributed by atoms with E-state index in [1.54, 1.807) is 31.6 Å². The first-order valence-corrected chi connectivity index (χ1v) is 10.4. The average Bonchev–Trinajstić information content (AvgIpc) is 2.84. The molecule has 10 nitrogen and oxygen atoms in total. The van der Waals surface area contributed by atoms with Crippen LogP contribution in [0.4, 0.5) is 10.7 Å². The fraction of sp³-hybridized carbons (Fsp3) is 0.364. The first-order valence-electron chi connectivity index (χ1n) is 10.4. The number of carbonyl (C=O) groups excluding carboxylic acids is 2. The van der Waals surface area contributed by atoms with Gasteiger partial charge in [0, 0.05) is 50.8 Å². The van der Waals surface area contributed by atoms with E-state index in [4.69, 9.17) is 9.47 Å². The van der Waals surface area contributed by atoms with Crippen molar-refractivity contribution in [2.24, 2.45) is 0 Å². The normalized spacial score (nSPS) is 19.2. The van der Waals surface area contributed by atoms with Crippen LogP contribution in [0.5, 0.6) is 5.75 Å².